The maximum atomic E-state index is 13.2. The van der Waals surface area contributed by atoms with Crippen molar-refractivity contribution in [2.24, 2.45) is 0 Å². The number of anilines is 1. The lowest BCUT2D eigenvalue weighted by molar-refractivity contribution is -0.190. The molecule has 4 rings (SSSR count). The van der Waals surface area contributed by atoms with Crippen LogP contribution in [0.3, 0.4) is 0 Å². The van der Waals surface area contributed by atoms with Crippen molar-refractivity contribution < 1.29 is 23.0 Å². The molecule has 1 spiro atoms. The number of urea groups is 1. The first-order chi connectivity index (χ1) is 12.0. The van der Waals surface area contributed by atoms with Crippen LogP contribution in [0.4, 0.5) is 19.3 Å². The lowest BCUT2D eigenvalue weighted by atomic mass is 9.99. The topological polar surface area (TPSA) is 54.0 Å². The Bertz CT molecular complexity index is 630. The van der Waals surface area contributed by atoms with Gasteiger partial charge in [-0.05, 0) is 12.1 Å². The molecule has 2 amide bonds. The summed E-state index contributed by atoms with van der Waals surface area (Å²) >= 11 is 0. The van der Waals surface area contributed by atoms with Crippen LogP contribution in [0.5, 0.6) is 0 Å². The van der Waals surface area contributed by atoms with Crippen molar-refractivity contribution in [2.75, 3.05) is 44.7 Å². The second-order valence-electron chi connectivity index (χ2n) is 6.79. The smallest absolute Gasteiger partial charge is 0.321 e. The minimum Gasteiger partial charge on any atom is -0.347 e. The van der Waals surface area contributed by atoms with E-state index >= 15 is 0 Å². The number of rotatable bonds is 2. The van der Waals surface area contributed by atoms with Crippen LogP contribution < -0.4 is 5.32 Å². The van der Waals surface area contributed by atoms with Gasteiger partial charge in [-0.15, -0.1) is 0 Å². The van der Waals surface area contributed by atoms with E-state index in [0.717, 1.165) is 44.1 Å². The molecule has 0 bridgehead atoms. The van der Waals surface area contributed by atoms with Crippen molar-refractivity contribution in [3.05, 3.63) is 29.8 Å². The number of carbonyl (C=O) groups excluding carboxylic acids is 1. The molecule has 0 unspecified atom stereocenters. The molecule has 6 nitrogen and oxygen atoms in total. The number of hydrogen-bond donors (Lipinski definition) is 1. The van der Waals surface area contributed by atoms with E-state index in [1.54, 1.807) is 4.90 Å². The van der Waals surface area contributed by atoms with Gasteiger partial charge in [0.05, 0.1) is 13.2 Å². The third-order valence-electron chi connectivity index (χ3n) is 5.15. The van der Waals surface area contributed by atoms with Gasteiger partial charge in [0.25, 0.3) is 0 Å². The minimum absolute atomic E-state index is 0.126. The van der Waals surface area contributed by atoms with E-state index in [9.17, 15) is 13.6 Å². The zero-order valence-electron chi connectivity index (χ0n) is 13.8. The van der Waals surface area contributed by atoms with Crippen LogP contribution in [-0.4, -0.2) is 67.1 Å². The molecule has 0 atom stereocenters. The highest BCUT2D eigenvalue weighted by Gasteiger charge is 2.43. The molecule has 0 radical (unpaired) electrons. The Morgan fingerprint density at radius 1 is 1.08 bits per heavy atom. The predicted molar refractivity (Wildman–Crippen MR) is 86.2 cm³/mol. The minimum atomic E-state index is -0.713. The largest absolute Gasteiger partial charge is 0.347 e. The summed E-state index contributed by atoms with van der Waals surface area (Å²) in [6.45, 7) is 4.32. The summed E-state index contributed by atoms with van der Waals surface area (Å²) < 4.78 is 37.8. The summed E-state index contributed by atoms with van der Waals surface area (Å²) in [5, 5.41) is 2.54. The number of carbonyl (C=O) groups is 1. The summed E-state index contributed by atoms with van der Waals surface area (Å²) in [7, 11) is 0. The predicted octanol–water partition coefficient (Wildman–Crippen LogP) is 2.02. The maximum Gasteiger partial charge on any atom is 0.321 e. The normalized spacial score (nSPS) is 23.7. The molecule has 1 N–H and O–H groups in total. The molecule has 3 aliphatic heterocycles. The van der Waals surface area contributed by atoms with Gasteiger partial charge in [-0.25, -0.2) is 13.6 Å². The number of benzene rings is 1. The van der Waals surface area contributed by atoms with Crippen LogP contribution in [-0.2, 0) is 9.47 Å². The van der Waals surface area contributed by atoms with Crippen LogP contribution in [0.2, 0.25) is 0 Å². The molecule has 0 aromatic heterocycles. The number of ether oxygens (including phenoxy) is 2. The third-order valence-corrected chi connectivity index (χ3v) is 5.15. The average Bonchev–Trinajstić information content (AvgIpc) is 2.95. The van der Waals surface area contributed by atoms with E-state index in [1.807, 2.05) is 0 Å². The molecular formula is C17H21F2N3O3. The number of nitrogens with zero attached hydrogens (tertiary/aromatic N) is 2. The van der Waals surface area contributed by atoms with Gasteiger partial charge in [-0.1, -0.05) is 0 Å². The molecule has 0 aliphatic carbocycles. The highest BCUT2D eigenvalue weighted by Crippen LogP contribution is 2.33. The second-order valence-corrected chi connectivity index (χ2v) is 6.79. The van der Waals surface area contributed by atoms with Gasteiger partial charge < -0.3 is 19.7 Å². The Labute approximate surface area is 144 Å². The fourth-order valence-electron chi connectivity index (χ4n) is 3.70. The maximum absolute atomic E-state index is 13.2. The molecule has 1 aromatic rings. The molecule has 136 valence electrons. The molecule has 3 heterocycles. The van der Waals surface area contributed by atoms with Gasteiger partial charge in [-0.3, -0.25) is 4.90 Å². The first-order valence-corrected chi connectivity index (χ1v) is 8.57. The molecule has 25 heavy (non-hydrogen) atoms. The van der Waals surface area contributed by atoms with Crippen LogP contribution >= 0.6 is 0 Å². The quantitative estimate of drug-likeness (QED) is 0.884. The first kappa shape index (κ1) is 16.7. The van der Waals surface area contributed by atoms with Gasteiger partial charge in [0.2, 0.25) is 0 Å². The third kappa shape index (κ3) is 3.47. The molecular weight excluding hydrogens is 332 g/mol. The molecule has 8 heteroatoms. The van der Waals surface area contributed by atoms with E-state index < -0.39 is 17.4 Å². The van der Waals surface area contributed by atoms with Crippen molar-refractivity contribution in [1.29, 1.82) is 0 Å². The van der Waals surface area contributed by atoms with Crippen molar-refractivity contribution >= 4 is 11.7 Å². The Hall–Kier alpha value is -1.77. The van der Waals surface area contributed by atoms with Gasteiger partial charge >= 0.3 is 6.03 Å². The zero-order chi connectivity index (χ0) is 17.4. The summed E-state index contributed by atoms with van der Waals surface area (Å²) in [5.41, 5.74) is 0.126. The number of nitrogens with one attached hydrogen (secondary N) is 1. The number of piperidine rings is 1. The van der Waals surface area contributed by atoms with E-state index in [2.05, 4.69) is 10.2 Å². The van der Waals surface area contributed by atoms with Crippen LogP contribution in [0.15, 0.2) is 18.2 Å². The van der Waals surface area contributed by atoms with Gasteiger partial charge in [0.15, 0.2) is 5.79 Å². The Morgan fingerprint density at radius 2 is 1.68 bits per heavy atom. The summed E-state index contributed by atoms with van der Waals surface area (Å²) in [4.78, 5) is 16.1. The second kappa shape index (κ2) is 6.51. The standard InChI is InChI=1S/C17H21F2N3O3/c18-12-7-13(19)9-14(8-12)20-16(23)22-10-15(11-22)21-3-1-17(2-4-21)24-5-6-25-17/h7-9,15H,1-6,10-11H2,(H,20,23). The number of halogens is 2. The van der Waals surface area contributed by atoms with Crippen molar-refractivity contribution in [2.45, 2.75) is 24.7 Å². The molecule has 3 saturated heterocycles. The van der Waals surface area contributed by atoms with Crippen molar-refractivity contribution in [3.8, 4) is 0 Å². The fraction of sp³-hybridized carbons (Fsp3) is 0.588. The lowest BCUT2D eigenvalue weighted by Crippen LogP contribution is -2.64. The number of hydrogen-bond acceptors (Lipinski definition) is 4. The lowest BCUT2D eigenvalue weighted by Gasteiger charge is -2.48. The Morgan fingerprint density at radius 3 is 2.28 bits per heavy atom. The summed E-state index contributed by atoms with van der Waals surface area (Å²) in [5.74, 6) is -1.82. The van der Waals surface area contributed by atoms with Gasteiger partial charge in [0, 0.05) is 56.8 Å². The number of likely N-dealkylation sites (tertiary alicyclic amines) is 2. The van der Waals surface area contributed by atoms with Crippen molar-refractivity contribution in [3.63, 3.8) is 0 Å². The van der Waals surface area contributed by atoms with E-state index in [4.69, 9.17) is 9.47 Å². The van der Waals surface area contributed by atoms with Crippen LogP contribution in [0, 0.1) is 11.6 Å². The first-order valence-electron chi connectivity index (χ1n) is 8.57. The van der Waals surface area contributed by atoms with E-state index in [1.165, 1.54) is 0 Å². The van der Waals surface area contributed by atoms with Crippen LogP contribution in [0.1, 0.15) is 12.8 Å². The monoisotopic (exact) mass is 353 g/mol. The Balaban J connectivity index is 1.25. The highest BCUT2D eigenvalue weighted by molar-refractivity contribution is 5.89. The van der Waals surface area contributed by atoms with Gasteiger partial charge in [-0.2, -0.15) is 0 Å². The van der Waals surface area contributed by atoms with Crippen molar-refractivity contribution in [1.82, 2.24) is 9.80 Å². The Kier molecular flexibility index (Phi) is 4.35. The SMILES string of the molecule is O=C(Nc1cc(F)cc(F)c1)N1CC(N2CCC3(CC2)OCCO3)C1. The highest BCUT2D eigenvalue weighted by atomic mass is 19.1. The molecule has 1 aromatic carbocycles. The molecule has 3 fully saturated rings. The summed E-state index contributed by atoms with van der Waals surface area (Å²) in [6, 6.07) is 2.95. The molecule has 3 aliphatic rings. The molecule has 0 saturated carbocycles. The zero-order valence-corrected chi connectivity index (χ0v) is 13.8. The average molecular weight is 353 g/mol. The van der Waals surface area contributed by atoms with Crippen LogP contribution in [0.25, 0.3) is 0 Å². The van der Waals surface area contributed by atoms with Gasteiger partial charge in [0.1, 0.15) is 11.6 Å². The van der Waals surface area contributed by atoms with E-state index in [0.29, 0.717) is 32.3 Å². The number of amides is 2. The summed E-state index contributed by atoms with van der Waals surface area (Å²) in [6.07, 6.45) is 1.69. The van der Waals surface area contributed by atoms with E-state index in [-0.39, 0.29) is 11.7 Å². The fourth-order valence-corrected chi connectivity index (χ4v) is 3.70.